The van der Waals surface area contributed by atoms with Crippen molar-refractivity contribution in [3.63, 3.8) is 0 Å². The Labute approximate surface area is 190 Å². The van der Waals surface area contributed by atoms with Gasteiger partial charge in [0, 0.05) is 29.5 Å². The molecule has 1 aliphatic rings. The third-order valence-corrected chi connectivity index (χ3v) is 6.09. The molecule has 1 atom stereocenters. The average molecular weight is 459 g/mol. The van der Waals surface area contributed by atoms with Crippen LogP contribution in [0.25, 0.3) is 11.3 Å². The second-order valence-electron chi connectivity index (χ2n) is 7.10. The van der Waals surface area contributed by atoms with Crippen LogP contribution in [0, 0.1) is 0 Å². The number of carbonyl (C=O) groups is 1. The summed E-state index contributed by atoms with van der Waals surface area (Å²) in [6.07, 6.45) is 0.230. The Morgan fingerprint density at radius 2 is 2.00 bits per heavy atom. The van der Waals surface area contributed by atoms with Gasteiger partial charge in [0.2, 0.25) is 0 Å². The van der Waals surface area contributed by atoms with Gasteiger partial charge in [0.05, 0.1) is 29.5 Å². The normalized spacial score (nSPS) is 15.5. The third kappa shape index (κ3) is 5.01. The number of rotatable bonds is 8. The molecule has 8 heteroatoms. The van der Waals surface area contributed by atoms with E-state index >= 15 is 0 Å². The Morgan fingerprint density at radius 1 is 1.19 bits per heavy atom. The van der Waals surface area contributed by atoms with E-state index in [4.69, 9.17) is 30.8 Å². The van der Waals surface area contributed by atoms with Crippen molar-refractivity contribution in [3.05, 3.63) is 57.9 Å². The SMILES string of the molecule is COCCc1nc(-c2ccc3c(c2)N(CCOc2ccc(Cl)cc2)C(=O)C(C)O3)cs1. The number of carbonyl (C=O) groups excluding carboxylic acids is 1. The number of anilines is 1. The smallest absolute Gasteiger partial charge is 0.267 e. The van der Waals surface area contributed by atoms with E-state index in [9.17, 15) is 4.79 Å². The first-order valence-electron chi connectivity index (χ1n) is 9.99. The van der Waals surface area contributed by atoms with Gasteiger partial charge in [0.15, 0.2) is 6.10 Å². The van der Waals surface area contributed by atoms with E-state index in [2.05, 4.69) is 0 Å². The summed E-state index contributed by atoms with van der Waals surface area (Å²) < 4.78 is 16.8. The Bertz CT molecular complexity index is 1050. The summed E-state index contributed by atoms with van der Waals surface area (Å²) in [7, 11) is 1.68. The maximum Gasteiger partial charge on any atom is 0.267 e. The summed E-state index contributed by atoms with van der Waals surface area (Å²) in [6, 6.07) is 13.0. The summed E-state index contributed by atoms with van der Waals surface area (Å²) in [4.78, 5) is 19.3. The molecule has 4 rings (SSSR count). The van der Waals surface area contributed by atoms with Gasteiger partial charge in [-0.25, -0.2) is 4.98 Å². The molecule has 0 saturated carbocycles. The maximum atomic E-state index is 12.8. The van der Waals surface area contributed by atoms with Crippen molar-refractivity contribution in [2.24, 2.45) is 0 Å². The van der Waals surface area contributed by atoms with Gasteiger partial charge in [0.25, 0.3) is 5.91 Å². The lowest BCUT2D eigenvalue weighted by atomic mass is 10.1. The van der Waals surface area contributed by atoms with Crippen LogP contribution in [-0.4, -0.2) is 43.9 Å². The van der Waals surface area contributed by atoms with Crippen molar-refractivity contribution in [3.8, 4) is 22.8 Å². The summed E-state index contributed by atoms with van der Waals surface area (Å²) in [5.74, 6) is 1.29. The Kier molecular flexibility index (Phi) is 6.75. The zero-order chi connectivity index (χ0) is 21.8. The van der Waals surface area contributed by atoms with Gasteiger partial charge in [-0.1, -0.05) is 11.6 Å². The topological polar surface area (TPSA) is 60.9 Å². The molecule has 1 amide bonds. The van der Waals surface area contributed by atoms with E-state index in [0.717, 1.165) is 28.4 Å². The van der Waals surface area contributed by atoms with Crippen LogP contribution in [0.5, 0.6) is 11.5 Å². The van der Waals surface area contributed by atoms with E-state index in [1.54, 1.807) is 42.4 Å². The minimum absolute atomic E-state index is 0.0941. The molecule has 0 aliphatic carbocycles. The van der Waals surface area contributed by atoms with E-state index in [1.807, 2.05) is 35.7 Å². The summed E-state index contributed by atoms with van der Waals surface area (Å²) >= 11 is 7.52. The van der Waals surface area contributed by atoms with Gasteiger partial charge in [-0.2, -0.15) is 0 Å². The number of halogens is 1. The monoisotopic (exact) mass is 458 g/mol. The molecule has 0 radical (unpaired) electrons. The van der Waals surface area contributed by atoms with Crippen LogP contribution >= 0.6 is 22.9 Å². The van der Waals surface area contributed by atoms with Crippen molar-refractivity contribution in [1.29, 1.82) is 0 Å². The van der Waals surface area contributed by atoms with E-state index < -0.39 is 6.10 Å². The van der Waals surface area contributed by atoms with Crippen LogP contribution < -0.4 is 14.4 Å². The Morgan fingerprint density at radius 3 is 2.77 bits per heavy atom. The van der Waals surface area contributed by atoms with Crippen molar-refractivity contribution >= 4 is 34.5 Å². The third-order valence-electron chi connectivity index (χ3n) is 4.93. The number of aromatic nitrogens is 1. The molecule has 0 saturated heterocycles. The second-order valence-corrected chi connectivity index (χ2v) is 8.48. The first-order chi connectivity index (χ1) is 15.0. The lowest BCUT2D eigenvalue weighted by Crippen LogP contribution is -2.46. The maximum absolute atomic E-state index is 12.8. The highest BCUT2D eigenvalue weighted by molar-refractivity contribution is 7.09. The Hall–Kier alpha value is -2.61. The summed E-state index contributed by atoms with van der Waals surface area (Å²) in [5.41, 5.74) is 2.54. The fourth-order valence-corrected chi connectivity index (χ4v) is 4.24. The van der Waals surface area contributed by atoms with Crippen molar-refractivity contribution in [2.45, 2.75) is 19.4 Å². The van der Waals surface area contributed by atoms with Gasteiger partial charge in [-0.3, -0.25) is 4.79 Å². The number of ether oxygens (including phenoxy) is 3. The fraction of sp³-hybridized carbons (Fsp3) is 0.304. The highest BCUT2D eigenvalue weighted by Crippen LogP contribution is 2.37. The number of nitrogens with zero attached hydrogens (tertiary/aromatic N) is 2. The highest BCUT2D eigenvalue weighted by atomic mass is 35.5. The van der Waals surface area contributed by atoms with Gasteiger partial charge in [-0.05, 0) is 49.4 Å². The number of thiazole rings is 1. The molecule has 1 unspecified atom stereocenters. The molecule has 31 heavy (non-hydrogen) atoms. The summed E-state index contributed by atoms with van der Waals surface area (Å²) in [5, 5.41) is 3.69. The van der Waals surface area contributed by atoms with Crippen LogP contribution in [0.4, 0.5) is 5.69 Å². The average Bonchev–Trinajstić information content (AvgIpc) is 3.25. The van der Waals surface area contributed by atoms with E-state index in [1.165, 1.54) is 0 Å². The van der Waals surface area contributed by atoms with Gasteiger partial charge in [0.1, 0.15) is 18.1 Å². The van der Waals surface area contributed by atoms with E-state index in [-0.39, 0.29) is 5.91 Å². The largest absolute Gasteiger partial charge is 0.492 e. The second kappa shape index (κ2) is 9.68. The number of amides is 1. The molecule has 2 aromatic carbocycles. The van der Waals surface area contributed by atoms with Gasteiger partial charge in [-0.15, -0.1) is 11.3 Å². The molecule has 1 aromatic heterocycles. The molecule has 2 heterocycles. The number of methoxy groups -OCH3 is 1. The van der Waals surface area contributed by atoms with Crippen LogP contribution in [0.3, 0.4) is 0 Å². The minimum Gasteiger partial charge on any atom is -0.492 e. The van der Waals surface area contributed by atoms with Gasteiger partial charge >= 0.3 is 0 Å². The number of hydrogen-bond acceptors (Lipinski definition) is 6. The number of benzene rings is 2. The molecule has 162 valence electrons. The minimum atomic E-state index is -0.547. The van der Waals surface area contributed by atoms with Gasteiger partial charge < -0.3 is 19.1 Å². The lowest BCUT2D eigenvalue weighted by Gasteiger charge is -2.33. The first-order valence-corrected chi connectivity index (χ1v) is 11.2. The molecular formula is C23H23ClN2O4S. The molecule has 1 aliphatic heterocycles. The Balaban J connectivity index is 1.53. The molecular weight excluding hydrogens is 436 g/mol. The highest BCUT2D eigenvalue weighted by Gasteiger charge is 2.31. The van der Waals surface area contributed by atoms with Crippen LogP contribution in [-0.2, 0) is 16.0 Å². The predicted octanol–water partition coefficient (Wildman–Crippen LogP) is 4.85. The van der Waals surface area contributed by atoms with Crippen molar-refractivity contribution < 1.29 is 19.0 Å². The molecule has 3 aromatic rings. The standard InChI is InChI=1S/C23H23ClN2O4S/c1-15-23(27)26(10-12-29-18-6-4-17(24)5-7-18)20-13-16(3-8-21(20)30-15)19-14-31-22(25-19)9-11-28-2/h3-8,13-15H,9-12H2,1-2H3. The van der Waals surface area contributed by atoms with Crippen LogP contribution in [0.1, 0.15) is 11.9 Å². The van der Waals surface area contributed by atoms with E-state index in [0.29, 0.717) is 36.3 Å². The molecule has 0 bridgehead atoms. The molecule has 0 fully saturated rings. The zero-order valence-electron chi connectivity index (χ0n) is 17.3. The molecule has 6 nitrogen and oxygen atoms in total. The molecule has 0 N–H and O–H groups in total. The van der Waals surface area contributed by atoms with Crippen LogP contribution in [0.15, 0.2) is 47.8 Å². The zero-order valence-corrected chi connectivity index (χ0v) is 18.9. The number of hydrogen-bond donors (Lipinski definition) is 0. The fourth-order valence-electron chi connectivity index (χ4n) is 3.33. The van der Waals surface area contributed by atoms with Crippen molar-refractivity contribution in [2.75, 3.05) is 31.8 Å². The van der Waals surface area contributed by atoms with Crippen LogP contribution in [0.2, 0.25) is 5.02 Å². The molecule has 0 spiro atoms. The first kappa shape index (κ1) is 21.6. The predicted molar refractivity (Wildman–Crippen MR) is 123 cm³/mol. The quantitative estimate of drug-likeness (QED) is 0.483. The summed E-state index contributed by atoms with van der Waals surface area (Å²) in [6.45, 7) is 3.15. The van der Waals surface area contributed by atoms with Crippen molar-refractivity contribution in [1.82, 2.24) is 4.98 Å². The lowest BCUT2D eigenvalue weighted by molar-refractivity contribution is -0.125. The number of fused-ring (bicyclic) bond motifs is 1.